The van der Waals surface area contributed by atoms with Crippen LogP contribution in [0.5, 0.6) is 0 Å². The predicted molar refractivity (Wildman–Crippen MR) is 65.0 cm³/mol. The molecule has 0 aromatic carbocycles. The number of rotatable bonds is 3. The normalized spacial score (nSPS) is 17.7. The summed E-state index contributed by atoms with van der Waals surface area (Å²) in [6.07, 6.45) is 1.63. The Kier molecular flexibility index (Phi) is 3.35. The van der Waals surface area contributed by atoms with Gasteiger partial charge in [0.2, 0.25) is 0 Å². The van der Waals surface area contributed by atoms with E-state index in [-0.39, 0.29) is 5.91 Å². The number of carbonyl (C=O) groups excluding carboxylic acids is 1. The lowest BCUT2D eigenvalue weighted by Gasteiger charge is -2.46. The number of halogens is 1. The van der Waals surface area contributed by atoms with E-state index in [2.05, 4.69) is 4.98 Å². The molecular weight excluding hydrogens is 240 g/mol. The van der Waals surface area contributed by atoms with Gasteiger partial charge in [0.25, 0.3) is 5.91 Å². The molecule has 1 aromatic rings. The zero-order valence-electron chi connectivity index (χ0n) is 9.69. The van der Waals surface area contributed by atoms with E-state index in [1.54, 1.807) is 23.1 Å². The molecule has 1 fully saturated rings. The van der Waals surface area contributed by atoms with Crippen LogP contribution in [-0.4, -0.2) is 39.6 Å². The number of β-amino-alcohol motifs (C(OH)–C–C–N with tert-alkyl or cyclic N) is 1. The van der Waals surface area contributed by atoms with Gasteiger partial charge >= 0.3 is 0 Å². The molecule has 0 radical (unpaired) electrons. The number of hydrogen-bond donors (Lipinski definition) is 1. The van der Waals surface area contributed by atoms with E-state index in [1.165, 1.54) is 0 Å². The van der Waals surface area contributed by atoms with Crippen LogP contribution in [0.25, 0.3) is 0 Å². The Morgan fingerprint density at radius 2 is 2.29 bits per heavy atom. The summed E-state index contributed by atoms with van der Waals surface area (Å²) in [5.74, 6) is -0.173. The Balaban J connectivity index is 2.00. The topological polar surface area (TPSA) is 53.4 Å². The minimum Gasteiger partial charge on any atom is -0.386 e. The van der Waals surface area contributed by atoms with E-state index in [1.807, 2.05) is 6.92 Å². The number of likely N-dealkylation sites (tertiary alicyclic amines) is 1. The lowest BCUT2D eigenvalue weighted by Crippen LogP contribution is -2.63. The van der Waals surface area contributed by atoms with E-state index in [4.69, 9.17) is 11.6 Å². The molecule has 1 aliphatic rings. The zero-order chi connectivity index (χ0) is 12.5. The number of amides is 1. The van der Waals surface area contributed by atoms with Crippen molar-refractivity contribution < 1.29 is 9.90 Å². The first-order chi connectivity index (χ1) is 8.04. The summed E-state index contributed by atoms with van der Waals surface area (Å²) >= 11 is 5.73. The van der Waals surface area contributed by atoms with Crippen LogP contribution in [0, 0.1) is 0 Å². The van der Waals surface area contributed by atoms with Gasteiger partial charge in [0.15, 0.2) is 0 Å². The first kappa shape index (κ1) is 12.3. The Hall–Kier alpha value is -1.13. The van der Waals surface area contributed by atoms with Gasteiger partial charge in [-0.1, -0.05) is 31.0 Å². The highest BCUT2D eigenvalue weighted by Gasteiger charge is 2.43. The molecule has 1 N–H and O–H groups in total. The summed E-state index contributed by atoms with van der Waals surface area (Å²) in [5, 5.41) is 10.3. The standard InChI is InChI=1S/C12H15ClN2O2/c1-2-6-12(17)7-15(8-12)11(16)9-4-3-5-10(13)14-9/h3-5,17H,2,6-8H2,1H3. The van der Waals surface area contributed by atoms with Crippen molar-refractivity contribution in [3.05, 3.63) is 29.0 Å². The SMILES string of the molecule is CCCC1(O)CN(C(=O)c2cccc(Cl)n2)C1. The number of carbonyl (C=O) groups is 1. The summed E-state index contributed by atoms with van der Waals surface area (Å²) in [6, 6.07) is 4.95. The molecule has 4 nitrogen and oxygen atoms in total. The monoisotopic (exact) mass is 254 g/mol. The predicted octanol–water partition coefficient (Wildman–Crippen LogP) is 1.72. The smallest absolute Gasteiger partial charge is 0.272 e. The number of hydrogen-bond acceptors (Lipinski definition) is 3. The third-order valence-electron chi connectivity index (χ3n) is 2.91. The second-order valence-corrected chi connectivity index (χ2v) is 4.87. The average Bonchev–Trinajstić information content (AvgIpc) is 2.25. The van der Waals surface area contributed by atoms with Crippen molar-refractivity contribution >= 4 is 17.5 Å². The molecule has 0 spiro atoms. The van der Waals surface area contributed by atoms with Crippen molar-refractivity contribution in [3.63, 3.8) is 0 Å². The molecule has 5 heteroatoms. The van der Waals surface area contributed by atoms with E-state index in [0.717, 1.165) is 12.8 Å². The van der Waals surface area contributed by atoms with Crippen molar-refractivity contribution in [2.45, 2.75) is 25.4 Å². The third kappa shape index (κ3) is 2.58. The Bertz CT molecular complexity index is 430. The van der Waals surface area contributed by atoms with Gasteiger partial charge in [0.05, 0.1) is 18.7 Å². The van der Waals surface area contributed by atoms with Crippen LogP contribution in [0.3, 0.4) is 0 Å². The molecule has 0 unspecified atom stereocenters. The second kappa shape index (κ2) is 4.63. The van der Waals surface area contributed by atoms with Crippen LogP contribution < -0.4 is 0 Å². The second-order valence-electron chi connectivity index (χ2n) is 4.48. The van der Waals surface area contributed by atoms with Gasteiger partial charge in [-0.15, -0.1) is 0 Å². The summed E-state index contributed by atoms with van der Waals surface area (Å²) in [4.78, 5) is 17.5. The molecule has 1 aromatic heterocycles. The van der Waals surface area contributed by atoms with Gasteiger partial charge in [0, 0.05) is 0 Å². The van der Waals surface area contributed by atoms with Gasteiger partial charge in [-0.3, -0.25) is 4.79 Å². The molecule has 1 amide bonds. The van der Waals surface area contributed by atoms with Crippen molar-refractivity contribution in [3.8, 4) is 0 Å². The fraction of sp³-hybridized carbons (Fsp3) is 0.500. The minimum atomic E-state index is -0.705. The quantitative estimate of drug-likeness (QED) is 0.836. The molecular formula is C12H15ClN2O2. The molecule has 17 heavy (non-hydrogen) atoms. The number of pyridine rings is 1. The molecule has 0 aliphatic carbocycles. The number of aliphatic hydroxyl groups is 1. The number of nitrogens with zero attached hydrogens (tertiary/aromatic N) is 2. The maximum atomic E-state index is 12.0. The van der Waals surface area contributed by atoms with Gasteiger partial charge in [-0.2, -0.15) is 0 Å². The highest BCUT2D eigenvalue weighted by atomic mass is 35.5. The summed E-state index contributed by atoms with van der Waals surface area (Å²) < 4.78 is 0. The van der Waals surface area contributed by atoms with E-state index in [0.29, 0.717) is 23.9 Å². The largest absolute Gasteiger partial charge is 0.386 e. The highest BCUT2D eigenvalue weighted by molar-refractivity contribution is 6.29. The molecule has 0 bridgehead atoms. The molecule has 1 aliphatic heterocycles. The van der Waals surface area contributed by atoms with E-state index >= 15 is 0 Å². The highest BCUT2D eigenvalue weighted by Crippen LogP contribution is 2.27. The van der Waals surface area contributed by atoms with Crippen LogP contribution in [0.2, 0.25) is 5.15 Å². The maximum absolute atomic E-state index is 12.0. The Labute approximate surface area is 105 Å². The number of aromatic nitrogens is 1. The molecule has 2 rings (SSSR count). The fourth-order valence-corrected chi connectivity index (χ4v) is 2.28. The van der Waals surface area contributed by atoms with Crippen molar-refractivity contribution in [2.24, 2.45) is 0 Å². The molecule has 0 saturated carbocycles. The average molecular weight is 255 g/mol. The van der Waals surface area contributed by atoms with Crippen LogP contribution in [0.1, 0.15) is 30.3 Å². The molecule has 2 heterocycles. The van der Waals surface area contributed by atoms with Crippen molar-refractivity contribution in [1.82, 2.24) is 9.88 Å². The maximum Gasteiger partial charge on any atom is 0.272 e. The summed E-state index contributed by atoms with van der Waals surface area (Å²) in [7, 11) is 0. The molecule has 1 saturated heterocycles. The first-order valence-corrected chi connectivity index (χ1v) is 6.06. The molecule has 0 atom stereocenters. The Morgan fingerprint density at radius 3 is 2.88 bits per heavy atom. The van der Waals surface area contributed by atoms with Crippen molar-refractivity contribution in [1.29, 1.82) is 0 Å². The van der Waals surface area contributed by atoms with Gasteiger partial charge < -0.3 is 10.0 Å². The van der Waals surface area contributed by atoms with Gasteiger partial charge in [-0.25, -0.2) is 4.98 Å². The third-order valence-corrected chi connectivity index (χ3v) is 3.12. The first-order valence-electron chi connectivity index (χ1n) is 5.68. The van der Waals surface area contributed by atoms with Crippen LogP contribution >= 0.6 is 11.6 Å². The molecule has 92 valence electrons. The summed E-state index contributed by atoms with van der Waals surface area (Å²) in [5.41, 5.74) is -0.376. The fourth-order valence-electron chi connectivity index (χ4n) is 2.12. The van der Waals surface area contributed by atoms with Gasteiger partial charge in [0.1, 0.15) is 10.8 Å². The van der Waals surface area contributed by atoms with Crippen molar-refractivity contribution in [2.75, 3.05) is 13.1 Å². The van der Waals surface area contributed by atoms with Crippen LogP contribution in [0.15, 0.2) is 18.2 Å². The van der Waals surface area contributed by atoms with Crippen LogP contribution in [0.4, 0.5) is 0 Å². The van der Waals surface area contributed by atoms with Crippen LogP contribution in [-0.2, 0) is 0 Å². The van der Waals surface area contributed by atoms with E-state index in [9.17, 15) is 9.90 Å². The Morgan fingerprint density at radius 1 is 1.59 bits per heavy atom. The van der Waals surface area contributed by atoms with Gasteiger partial charge in [-0.05, 0) is 18.6 Å². The van der Waals surface area contributed by atoms with E-state index < -0.39 is 5.60 Å². The lowest BCUT2D eigenvalue weighted by molar-refractivity contribution is -0.0861. The lowest BCUT2D eigenvalue weighted by atomic mass is 9.89. The zero-order valence-corrected chi connectivity index (χ0v) is 10.4. The summed E-state index contributed by atoms with van der Waals surface area (Å²) in [6.45, 7) is 2.78. The minimum absolute atomic E-state index is 0.173.